The van der Waals surface area contributed by atoms with Gasteiger partial charge >= 0.3 is 0 Å². The molecule has 23 heavy (non-hydrogen) atoms. The molecule has 0 saturated carbocycles. The maximum atomic E-state index is 13.2. The summed E-state index contributed by atoms with van der Waals surface area (Å²) in [6.45, 7) is 2.68. The smallest absolute Gasteiger partial charge is 0.288 e. The van der Waals surface area contributed by atoms with Crippen LogP contribution >= 0.6 is 0 Å². The van der Waals surface area contributed by atoms with Crippen molar-refractivity contribution in [1.29, 1.82) is 0 Å². The molecule has 0 radical (unpaired) electrons. The highest BCUT2D eigenvalue weighted by Crippen LogP contribution is 2.38. The summed E-state index contributed by atoms with van der Waals surface area (Å²) in [7, 11) is -3.37. The van der Waals surface area contributed by atoms with Gasteiger partial charge in [-0.1, -0.05) is 0 Å². The molecule has 0 aliphatic carbocycles. The fourth-order valence-electron chi connectivity index (χ4n) is 2.33. The van der Waals surface area contributed by atoms with Crippen LogP contribution in [0.5, 0.6) is 0 Å². The predicted molar refractivity (Wildman–Crippen MR) is 70.7 cm³/mol. The highest BCUT2D eigenvalue weighted by molar-refractivity contribution is 7.89. The number of alkyl halides is 4. The van der Waals surface area contributed by atoms with Crippen molar-refractivity contribution in [3.8, 4) is 0 Å². The van der Waals surface area contributed by atoms with Crippen LogP contribution in [0.2, 0.25) is 0 Å². The normalized spacial score (nSPS) is 22.3. The van der Waals surface area contributed by atoms with Crippen LogP contribution in [-0.2, 0) is 17.1 Å². The van der Waals surface area contributed by atoms with Crippen molar-refractivity contribution in [1.82, 2.24) is 14.2 Å². The van der Waals surface area contributed by atoms with Crippen molar-refractivity contribution in [2.75, 3.05) is 0 Å². The molecule has 1 N–H and O–H groups in total. The zero-order valence-electron chi connectivity index (χ0n) is 12.3. The summed E-state index contributed by atoms with van der Waals surface area (Å²) >= 11 is 0. The maximum absolute atomic E-state index is 13.2. The zero-order chi connectivity index (χ0) is 17.7. The molecule has 1 aromatic rings. The molecule has 12 heteroatoms. The van der Waals surface area contributed by atoms with Gasteiger partial charge in [0.2, 0.25) is 5.72 Å². The molecular weight excluding hydrogens is 344 g/mol. The van der Waals surface area contributed by atoms with E-state index in [2.05, 4.69) is 10.2 Å². The monoisotopic (exact) mass is 358 g/mol. The molecule has 1 aliphatic rings. The minimum atomic E-state index is -4.80. The molecule has 2 rings (SSSR count). The van der Waals surface area contributed by atoms with Gasteiger partial charge in [0, 0.05) is 13.5 Å². The van der Waals surface area contributed by atoms with Gasteiger partial charge in [0.1, 0.15) is 10.6 Å². The van der Waals surface area contributed by atoms with Gasteiger partial charge in [-0.25, -0.2) is 17.6 Å². The van der Waals surface area contributed by atoms with Crippen molar-refractivity contribution >= 4 is 15.7 Å². The predicted octanol–water partition coefficient (Wildman–Crippen LogP) is 1.01. The van der Waals surface area contributed by atoms with Crippen LogP contribution in [0, 0.1) is 13.8 Å². The van der Waals surface area contributed by atoms with Crippen LogP contribution in [-0.4, -0.2) is 52.0 Å². The summed E-state index contributed by atoms with van der Waals surface area (Å²) in [5.41, 5.74) is -4.42. The molecule has 0 fully saturated rings. The van der Waals surface area contributed by atoms with Gasteiger partial charge in [-0.05, 0) is 13.8 Å². The van der Waals surface area contributed by atoms with Crippen LogP contribution in [0.4, 0.5) is 17.6 Å². The molecule has 130 valence electrons. The first kappa shape index (κ1) is 17.7. The number of aromatic nitrogens is 2. The molecule has 0 spiro atoms. The Morgan fingerprint density at radius 1 is 1.26 bits per heavy atom. The van der Waals surface area contributed by atoms with E-state index in [1.165, 1.54) is 25.6 Å². The highest BCUT2D eigenvalue weighted by Gasteiger charge is 2.56. The number of rotatable bonds is 4. The maximum Gasteiger partial charge on any atom is 0.288 e. The molecular formula is C11H14F4N4O3S. The first-order valence-electron chi connectivity index (χ1n) is 6.34. The Labute approximate surface area is 129 Å². The van der Waals surface area contributed by atoms with Gasteiger partial charge in [-0.3, -0.25) is 4.68 Å². The highest BCUT2D eigenvalue weighted by atomic mass is 32.2. The van der Waals surface area contributed by atoms with E-state index in [0.717, 1.165) is 0 Å². The summed E-state index contributed by atoms with van der Waals surface area (Å²) in [5.74, 6) is 0. The summed E-state index contributed by atoms with van der Waals surface area (Å²) in [6.07, 6.45) is -8.17. The summed E-state index contributed by atoms with van der Waals surface area (Å²) in [4.78, 5) is -0.460. The second-order valence-electron chi connectivity index (χ2n) is 5.12. The standard InChI is InChI=1S/C11H14F4N4O3S/c1-5-8(6(2)18(3)16-5)23(21,22)19-11(20,10(14)15)4-7(17-19)9(12)13/h9-10,20H,4H2,1-3H3/t11-/m0/s1. The molecule has 2 heterocycles. The van der Waals surface area contributed by atoms with Crippen molar-refractivity contribution in [3.05, 3.63) is 11.4 Å². The van der Waals surface area contributed by atoms with Gasteiger partial charge in [-0.15, -0.1) is 4.41 Å². The van der Waals surface area contributed by atoms with E-state index in [1.54, 1.807) is 0 Å². The minimum Gasteiger partial charge on any atom is -0.364 e. The lowest BCUT2D eigenvalue weighted by Crippen LogP contribution is -2.51. The number of hydrogen-bond acceptors (Lipinski definition) is 5. The Morgan fingerprint density at radius 3 is 2.22 bits per heavy atom. The minimum absolute atomic E-state index is 0.0256. The Kier molecular flexibility index (Phi) is 4.18. The van der Waals surface area contributed by atoms with E-state index in [9.17, 15) is 31.1 Å². The largest absolute Gasteiger partial charge is 0.364 e. The van der Waals surface area contributed by atoms with E-state index in [-0.39, 0.29) is 15.8 Å². The van der Waals surface area contributed by atoms with Gasteiger partial charge < -0.3 is 5.11 Å². The molecule has 0 aromatic carbocycles. The summed E-state index contributed by atoms with van der Waals surface area (Å²) in [6, 6.07) is 0. The number of sulfonamides is 1. The lowest BCUT2D eigenvalue weighted by Gasteiger charge is -2.30. The Balaban J connectivity index is 2.64. The first-order valence-corrected chi connectivity index (χ1v) is 7.78. The molecule has 0 bridgehead atoms. The van der Waals surface area contributed by atoms with Crippen LogP contribution in [0.15, 0.2) is 10.00 Å². The molecule has 0 amide bonds. The van der Waals surface area contributed by atoms with Crippen LogP contribution < -0.4 is 0 Å². The van der Waals surface area contributed by atoms with Crippen molar-refractivity contribution in [3.63, 3.8) is 0 Å². The average Bonchev–Trinajstić information content (AvgIpc) is 2.90. The lowest BCUT2D eigenvalue weighted by molar-refractivity contribution is -0.150. The van der Waals surface area contributed by atoms with Gasteiger partial charge in [0.25, 0.3) is 22.9 Å². The van der Waals surface area contributed by atoms with Crippen LogP contribution in [0.3, 0.4) is 0 Å². The van der Waals surface area contributed by atoms with E-state index >= 15 is 0 Å². The van der Waals surface area contributed by atoms with Gasteiger partial charge in [-0.2, -0.15) is 18.6 Å². The molecule has 1 aliphatic heterocycles. The molecule has 0 saturated heterocycles. The SMILES string of the molecule is Cc1nn(C)c(C)c1S(=O)(=O)N1N=C(C(F)F)C[C@]1(O)C(F)F. The molecule has 1 atom stereocenters. The molecule has 0 unspecified atom stereocenters. The summed E-state index contributed by atoms with van der Waals surface area (Å²) in [5, 5.41) is 16.8. The number of aryl methyl sites for hydroxylation is 2. The van der Waals surface area contributed by atoms with E-state index < -0.39 is 45.6 Å². The number of hydrazone groups is 1. The van der Waals surface area contributed by atoms with Crippen LogP contribution in [0.25, 0.3) is 0 Å². The quantitative estimate of drug-likeness (QED) is 0.814. The van der Waals surface area contributed by atoms with Crippen molar-refractivity contribution < 1.29 is 31.1 Å². The third-order valence-corrected chi connectivity index (χ3v) is 5.48. The van der Waals surface area contributed by atoms with Crippen LogP contribution in [0.1, 0.15) is 17.8 Å². The van der Waals surface area contributed by atoms with E-state index in [4.69, 9.17) is 0 Å². The Hall–Kier alpha value is -1.69. The van der Waals surface area contributed by atoms with Crippen molar-refractivity contribution in [2.45, 2.75) is 43.7 Å². The lowest BCUT2D eigenvalue weighted by atomic mass is 10.1. The third kappa shape index (κ3) is 2.59. The third-order valence-electron chi connectivity index (χ3n) is 3.52. The fraction of sp³-hybridized carbons (Fsp3) is 0.636. The number of nitrogens with zero attached hydrogens (tertiary/aromatic N) is 4. The van der Waals surface area contributed by atoms with E-state index in [0.29, 0.717) is 0 Å². The molecule has 1 aromatic heterocycles. The van der Waals surface area contributed by atoms with Gasteiger partial charge in [0.05, 0.1) is 11.4 Å². The van der Waals surface area contributed by atoms with E-state index in [1.807, 2.05) is 0 Å². The number of aliphatic hydroxyl groups is 1. The average molecular weight is 358 g/mol. The summed E-state index contributed by atoms with van der Waals surface area (Å²) < 4.78 is 77.9. The fourth-order valence-corrected chi connectivity index (χ4v) is 4.20. The Morgan fingerprint density at radius 2 is 1.83 bits per heavy atom. The first-order chi connectivity index (χ1) is 10.4. The molecule has 7 nitrogen and oxygen atoms in total. The topological polar surface area (TPSA) is 87.8 Å². The number of halogens is 4. The van der Waals surface area contributed by atoms with Crippen molar-refractivity contribution in [2.24, 2.45) is 12.1 Å². The zero-order valence-corrected chi connectivity index (χ0v) is 13.2. The second-order valence-corrected chi connectivity index (χ2v) is 6.82. The second kappa shape index (κ2) is 5.44. The van der Waals surface area contributed by atoms with Gasteiger partial charge in [0.15, 0.2) is 0 Å². The number of hydrogen-bond donors (Lipinski definition) is 1. The Bertz CT molecular complexity index is 762.